The summed E-state index contributed by atoms with van der Waals surface area (Å²) in [7, 11) is 0. The summed E-state index contributed by atoms with van der Waals surface area (Å²) < 4.78 is 19.0. The number of halogens is 1. The van der Waals surface area contributed by atoms with Gasteiger partial charge in [0.15, 0.2) is 0 Å². The minimum atomic E-state index is -0.427. The molecule has 0 spiro atoms. The topological polar surface area (TPSA) is 100 Å². The van der Waals surface area contributed by atoms with Crippen molar-refractivity contribution in [3.05, 3.63) is 52.1 Å². The summed E-state index contributed by atoms with van der Waals surface area (Å²) in [5.41, 5.74) is 3.87. The second-order valence-electron chi connectivity index (χ2n) is 8.57. The number of carbonyl (C=O) groups excluding carboxylic acids is 3. The first-order chi connectivity index (χ1) is 15.2. The summed E-state index contributed by atoms with van der Waals surface area (Å²) in [6.45, 7) is 6.00. The molecule has 168 valence electrons. The van der Waals surface area contributed by atoms with Crippen LogP contribution in [0, 0.1) is 25.6 Å². The monoisotopic (exact) mass is 439 g/mol. The number of rotatable bonds is 5. The van der Waals surface area contributed by atoms with Gasteiger partial charge in [-0.15, -0.1) is 0 Å². The zero-order valence-corrected chi connectivity index (χ0v) is 18.3. The van der Waals surface area contributed by atoms with Crippen molar-refractivity contribution >= 4 is 35.1 Å². The molecule has 0 bridgehead atoms. The fraction of sp³-hybridized carbons (Fsp3) is 0.375. The van der Waals surface area contributed by atoms with Gasteiger partial charge in [-0.3, -0.25) is 14.4 Å². The molecule has 0 aliphatic carbocycles. The van der Waals surface area contributed by atoms with E-state index in [2.05, 4.69) is 15.6 Å². The fourth-order valence-corrected chi connectivity index (χ4v) is 4.42. The highest BCUT2D eigenvalue weighted by Gasteiger charge is 2.27. The minimum Gasteiger partial charge on any atom is -0.462 e. The van der Waals surface area contributed by atoms with E-state index in [1.54, 1.807) is 19.9 Å². The molecule has 1 aromatic heterocycles. The molecule has 3 N–H and O–H groups in total. The number of H-pyrrole nitrogens is 1. The SMILES string of the molecule is Cc1[nH]c(/C=C2\C(=O)Nc3ccc(F)cc32)c(C)c1C(=O)NCCC1CC(C)CC(=O)O1. The van der Waals surface area contributed by atoms with Gasteiger partial charge in [0.05, 0.1) is 11.1 Å². The molecule has 2 aliphatic heterocycles. The predicted octanol–water partition coefficient (Wildman–Crippen LogP) is 3.72. The number of carbonyl (C=O) groups is 3. The third-order valence-corrected chi connectivity index (χ3v) is 5.99. The van der Waals surface area contributed by atoms with Gasteiger partial charge in [0, 0.05) is 42.0 Å². The quantitative estimate of drug-likeness (QED) is 0.488. The maximum atomic E-state index is 13.7. The van der Waals surface area contributed by atoms with Gasteiger partial charge in [-0.25, -0.2) is 4.39 Å². The Hall–Kier alpha value is -3.42. The van der Waals surface area contributed by atoms with Gasteiger partial charge in [0.1, 0.15) is 11.9 Å². The number of aromatic amines is 1. The number of nitrogens with one attached hydrogen (secondary N) is 3. The third-order valence-electron chi connectivity index (χ3n) is 5.99. The molecule has 3 heterocycles. The lowest BCUT2D eigenvalue weighted by molar-refractivity contribution is -0.156. The van der Waals surface area contributed by atoms with E-state index < -0.39 is 5.82 Å². The number of amides is 2. The van der Waals surface area contributed by atoms with Crippen LogP contribution >= 0.6 is 0 Å². The van der Waals surface area contributed by atoms with Crippen LogP contribution in [0.4, 0.5) is 10.1 Å². The number of aryl methyl sites for hydroxylation is 1. The summed E-state index contributed by atoms with van der Waals surface area (Å²) in [5, 5.41) is 5.62. The largest absolute Gasteiger partial charge is 0.462 e. The number of benzene rings is 1. The first-order valence-electron chi connectivity index (χ1n) is 10.7. The number of esters is 1. The van der Waals surface area contributed by atoms with Crippen molar-refractivity contribution in [2.45, 2.75) is 46.1 Å². The number of hydrogen-bond acceptors (Lipinski definition) is 4. The maximum absolute atomic E-state index is 13.7. The lowest BCUT2D eigenvalue weighted by atomic mass is 9.95. The molecule has 2 amide bonds. The Balaban J connectivity index is 1.48. The Morgan fingerprint density at radius 3 is 2.84 bits per heavy atom. The Morgan fingerprint density at radius 2 is 2.09 bits per heavy atom. The van der Waals surface area contributed by atoms with Gasteiger partial charge in [-0.1, -0.05) is 6.92 Å². The van der Waals surface area contributed by atoms with Gasteiger partial charge in [-0.2, -0.15) is 0 Å². The summed E-state index contributed by atoms with van der Waals surface area (Å²) in [5.74, 6) is -0.887. The molecule has 8 heteroatoms. The summed E-state index contributed by atoms with van der Waals surface area (Å²) in [6.07, 6.45) is 3.26. The van der Waals surface area contributed by atoms with Gasteiger partial charge in [-0.05, 0) is 56.0 Å². The van der Waals surface area contributed by atoms with Crippen LogP contribution < -0.4 is 10.6 Å². The van der Waals surface area contributed by atoms with Crippen LogP contribution in [0.3, 0.4) is 0 Å². The molecule has 0 radical (unpaired) electrons. The Morgan fingerprint density at radius 1 is 1.31 bits per heavy atom. The van der Waals surface area contributed by atoms with Gasteiger partial charge in [0.25, 0.3) is 11.8 Å². The lowest BCUT2D eigenvalue weighted by Crippen LogP contribution is -2.33. The van der Waals surface area contributed by atoms with Crippen molar-refractivity contribution in [3.8, 4) is 0 Å². The van der Waals surface area contributed by atoms with E-state index in [9.17, 15) is 18.8 Å². The van der Waals surface area contributed by atoms with Gasteiger partial charge >= 0.3 is 5.97 Å². The van der Waals surface area contributed by atoms with Crippen LogP contribution in [0.2, 0.25) is 0 Å². The first kappa shape index (κ1) is 21.8. The van der Waals surface area contributed by atoms with E-state index in [0.29, 0.717) is 58.7 Å². The van der Waals surface area contributed by atoms with Crippen molar-refractivity contribution in [2.24, 2.45) is 5.92 Å². The number of aromatic nitrogens is 1. The smallest absolute Gasteiger partial charge is 0.306 e. The Labute approximate surface area is 185 Å². The van der Waals surface area contributed by atoms with E-state index >= 15 is 0 Å². The van der Waals surface area contributed by atoms with Crippen LogP contribution in [0.15, 0.2) is 18.2 Å². The second-order valence-corrected chi connectivity index (χ2v) is 8.57. The molecule has 2 aliphatic rings. The molecule has 4 rings (SSSR count). The van der Waals surface area contributed by atoms with Gasteiger partial charge in [0.2, 0.25) is 0 Å². The number of hydrogen-bond donors (Lipinski definition) is 3. The van der Waals surface area contributed by atoms with E-state index in [4.69, 9.17) is 4.74 Å². The van der Waals surface area contributed by atoms with E-state index in [1.165, 1.54) is 18.2 Å². The molecule has 2 aromatic rings. The molecule has 0 saturated carbocycles. The normalized spacial score (nSPS) is 21.3. The maximum Gasteiger partial charge on any atom is 0.306 e. The Kier molecular flexibility index (Phi) is 5.86. The zero-order chi connectivity index (χ0) is 23.0. The summed E-state index contributed by atoms with van der Waals surface area (Å²) >= 11 is 0. The average molecular weight is 439 g/mol. The molecule has 1 saturated heterocycles. The average Bonchev–Trinajstić information content (AvgIpc) is 3.16. The molecule has 7 nitrogen and oxygen atoms in total. The number of fused-ring (bicyclic) bond motifs is 1. The van der Waals surface area contributed by atoms with Crippen LogP contribution in [-0.2, 0) is 14.3 Å². The molecule has 2 atom stereocenters. The fourth-order valence-electron chi connectivity index (χ4n) is 4.42. The molecule has 2 unspecified atom stereocenters. The molecule has 1 aromatic carbocycles. The third kappa shape index (κ3) is 4.30. The van der Waals surface area contributed by atoms with Crippen molar-refractivity contribution in [3.63, 3.8) is 0 Å². The van der Waals surface area contributed by atoms with Crippen molar-refractivity contribution < 1.29 is 23.5 Å². The molecular weight excluding hydrogens is 413 g/mol. The zero-order valence-electron chi connectivity index (χ0n) is 18.3. The highest BCUT2D eigenvalue weighted by Crippen LogP contribution is 2.34. The van der Waals surface area contributed by atoms with Crippen molar-refractivity contribution in [1.82, 2.24) is 10.3 Å². The second kappa shape index (κ2) is 8.61. The van der Waals surface area contributed by atoms with Crippen molar-refractivity contribution in [1.29, 1.82) is 0 Å². The number of cyclic esters (lactones) is 1. The summed E-state index contributed by atoms with van der Waals surface area (Å²) in [6, 6.07) is 4.14. The Bertz CT molecular complexity index is 1130. The number of anilines is 1. The number of ether oxygens (including phenoxy) is 1. The van der Waals surface area contributed by atoms with E-state index in [-0.39, 0.29) is 29.8 Å². The van der Waals surface area contributed by atoms with Crippen LogP contribution in [0.25, 0.3) is 11.6 Å². The molecule has 32 heavy (non-hydrogen) atoms. The van der Waals surface area contributed by atoms with Crippen LogP contribution in [-0.4, -0.2) is 35.4 Å². The predicted molar refractivity (Wildman–Crippen MR) is 118 cm³/mol. The highest BCUT2D eigenvalue weighted by atomic mass is 19.1. The first-order valence-corrected chi connectivity index (χ1v) is 10.7. The lowest BCUT2D eigenvalue weighted by Gasteiger charge is -2.26. The van der Waals surface area contributed by atoms with Crippen molar-refractivity contribution in [2.75, 3.05) is 11.9 Å². The highest BCUT2D eigenvalue weighted by molar-refractivity contribution is 6.34. The van der Waals surface area contributed by atoms with Gasteiger partial charge < -0.3 is 20.4 Å². The molecule has 1 fully saturated rings. The van der Waals surface area contributed by atoms with E-state index in [0.717, 1.165) is 6.42 Å². The summed E-state index contributed by atoms with van der Waals surface area (Å²) in [4.78, 5) is 40.0. The van der Waals surface area contributed by atoms with E-state index in [1.807, 2.05) is 6.92 Å². The van der Waals surface area contributed by atoms with Crippen LogP contribution in [0.5, 0.6) is 0 Å². The minimum absolute atomic E-state index is 0.179. The van der Waals surface area contributed by atoms with Crippen LogP contribution in [0.1, 0.15) is 59.1 Å². The standard InChI is InChI=1S/C24H26FN3O4/c1-12-8-16(32-21(29)9-12)6-7-26-24(31)22-13(2)20(27-14(22)3)11-18-17-10-15(25)4-5-19(17)28-23(18)30/h4-5,10-12,16,27H,6-9H2,1-3H3,(H,26,31)(H,28,30)/b18-11-. The molecular formula is C24H26FN3O4.